The Kier molecular flexibility index (Phi) is 1.66. The average Bonchev–Trinajstić information content (AvgIpc) is 2.50. The second-order valence-electron chi connectivity index (χ2n) is 2.11. The summed E-state index contributed by atoms with van der Waals surface area (Å²) in [6.07, 6.45) is 2.13. The Morgan fingerprint density at radius 1 is 1.67 bits per heavy atom. The van der Waals surface area contributed by atoms with Gasteiger partial charge in [0.25, 0.3) is 5.91 Å². The molecule has 0 aromatic carbocycles. The lowest BCUT2D eigenvalue weighted by Gasteiger charge is -1.97. The fraction of sp³-hybridized carbons (Fsp3) is 0.600. The number of nitrogens with two attached hydrogens (primary N) is 1. The van der Waals surface area contributed by atoms with Crippen LogP contribution < -0.4 is 11.1 Å². The third-order valence-corrected chi connectivity index (χ3v) is 1.32. The highest BCUT2D eigenvalue weighted by Gasteiger charge is 2.23. The van der Waals surface area contributed by atoms with E-state index in [2.05, 4.69) is 17.5 Å². The van der Waals surface area contributed by atoms with Crippen molar-refractivity contribution in [3.8, 4) is 0 Å². The lowest BCUT2D eigenvalue weighted by molar-refractivity contribution is -0.114. The Bertz CT molecular complexity index is 153. The molecule has 9 heavy (non-hydrogen) atoms. The quantitative estimate of drug-likeness (QED) is 0.490. The van der Waals surface area contributed by atoms with E-state index in [0.29, 0.717) is 6.04 Å². The molecule has 0 unspecified atom stereocenters. The average molecular weight is 144 g/mol. The second-order valence-corrected chi connectivity index (χ2v) is 2.55. The molecule has 1 fully saturated rings. The Morgan fingerprint density at radius 3 is 2.56 bits per heavy atom. The molecule has 50 valence electrons. The van der Waals surface area contributed by atoms with Crippen LogP contribution in [0.25, 0.3) is 0 Å². The molecule has 0 aromatic rings. The van der Waals surface area contributed by atoms with Gasteiger partial charge in [-0.15, -0.1) is 0 Å². The first-order valence-corrected chi connectivity index (χ1v) is 3.21. The van der Waals surface area contributed by atoms with E-state index in [1.54, 1.807) is 0 Å². The molecule has 1 amide bonds. The lowest BCUT2D eigenvalue weighted by Crippen LogP contribution is -2.35. The molecule has 0 saturated heterocycles. The van der Waals surface area contributed by atoms with E-state index in [1.807, 2.05) is 0 Å². The molecule has 0 spiro atoms. The van der Waals surface area contributed by atoms with Crippen LogP contribution in [-0.2, 0) is 4.79 Å². The van der Waals surface area contributed by atoms with E-state index in [1.165, 1.54) is 0 Å². The van der Waals surface area contributed by atoms with Crippen molar-refractivity contribution in [2.75, 3.05) is 0 Å². The maximum Gasteiger partial charge on any atom is 0.278 e. The van der Waals surface area contributed by atoms with E-state index in [9.17, 15) is 4.79 Å². The zero-order valence-electron chi connectivity index (χ0n) is 4.89. The predicted octanol–water partition coefficient (Wildman–Crippen LogP) is -0.449. The van der Waals surface area contributed by atoms with Gasteiger partial charge in [-0.2, -0.15) is 0 Å². The summed E-state index contributed by atoms with van der Waals surface area (Å²) in [5, 5.41) is 2.65. The Hall–Kier alpha value is -0.640. The molecule has 0 atom stereocenters. The normalized spacial score (nSPS) is 16.9. The Morgan fingerprint density at radius 2 is 2.22 bits per heavy atom. The first kappa shape index (κ1) is 6.48. The third kappa shape index (κ3) is 1.97. The number of rotatable bonds is 1. The van der Waals surface area contributed by atoms with Crippen LogP contribution in [0.2, 0.25) is 0 Å². The number of thiocarbonyl (C=S) groups is 1. The highest BCUT2D eigenvalue weighted by Crippen LogP contribution is 2.18. The van der Waals surface area contributed by atoms with Crippen molar-refractivity contribution in [3.05, 3.63) is 0 Å². The molecule has 0 aliphatic heterocycles. The standard InChI is InChI=1S/C5H8N2OS/c6-4(9)5(8)7-3-1-2-3/h3H,1-2H2,(H2,6,9)(H,7,8). The molecule has 1 saturated carbocycles. The van der Waals surface area contributed by atoms with Crippen molar-refractivity contribution in [1.82, 2.24) is 5.32 Å². The van der Waals surface area contributed by atoms with Gasteiger partial charge in [0.2, 0.25) is 0 Å². The van der Waals surface area contributed by atoms with Gasteiger partial charge in [0.15, 0.2) is 4.99 Å². The predicted molar refractivity (Wildman–Crippen MR) is 38.0 cm³/mol. The fourth-order valence-corrected chi connectivity index (χ4v) is 0.543. The summed E-state index contributed by atoms with van der Waals surface area (Å²) in [6, 6.07) is 0.346. The van der Waals surface area contributed by atoms with Gasteiger partial charge in [-0.25, -0.2) is 0 Å². The van der Waals surface area contributed by atoms with E-state index in [-0.39, 0.29) is 10.9 Å². The number of hydrogen-bond donors (Lipinski definition) is 2. The highest BCUT2D eigenvalue weighted by atomic mass is 32.1. The zero-order chi connectivity index (χ0) is 6.85. The number of nitrogens with one attached hydrogen (secondary N) is 1. The third-order valence-electron chi connectivity index (χ3n) is 1.14. The van der Waals surface area contributed by atoms with Gasteiger partial charge in [-0.1, -0.05) is 12.2 Å². The van der Waals surface area contributed by atoms with E-state index >= 15 is 0 Å². The number of carbonyl (C=O) groups is 1. The van der Waals surface area contributed by atoms with Gasteiger partial charge in [-0.05, 0) is 12.8 Å². The minimum absolute atomic E-state index is 0.0677. The van der Waals surface area contributed by atoms with Gasteiger partial charge < -0.3 is 11.1 Å². The van der Waals surface area contributed by atoms with Crippen molar-refractivity contribution < 1.29 is 4.79 Å². The van der Waals surface area contributed by atoms with E-state index < -0.39 is 0 Å². The molecule has 3 N–H and O–H groups in total. The minimum Gasteiger partial charge on any atom is -0.385 e. The topological polar surface area (TPSA) is 55.1 Å². The summed E-state index contributed by atoms with van der Waals surface area (Å²) in [5.41, 5.74) is 5.03. The van der Waals surface area contributed by atoms with Crippen LogP contribution in [0.1, 0.15) is 12.8 Å². The summed E-state index contributed by atoms with van der Waals surface area (Å²) in [6.45, 7) is 0. The molecular weight excluding hydrogens is 136 g/mol. The van der Waals surface area contributed by atoms with Gasteiger partial charge >= 0.3 is 0 Å². The largest absolute Gasteiger partial charge is 0.385 e. The molecule has 0 aromatic heterocycles. The van der Waals surface area contributed by atoms with Crippen molar-refractivity contribution in [1.29, 1.82) is 0 Å². The summed E-state index contributed by atoms with van der Waals surface area (Å²) >= 11 is 4.43. The van der Waals surface area contributed by atoms with Crippen LogP contribution in [0, 0.1) is 0 Å². The number of amides is 1. The molecule has 1 rings (SSSR count). The van der Waals surface area contributed by atoms with Gasteiger partial charge in [0, 0.05) is 6.04 Å². The monoisotopic (exact) mass is 144 g/mol. The molecule has 3 nitrogen and oxygen atoms in total. The summed E-state index contributed by atoms with van der Waals surface area (Å²) in [5.74, 6) is -0.299. The first-order chi connectivity index (χ1) is 4.20. The maximum atomic E-state index is 10.6. The molecule has 4 heteroatoms. The van der Waals surface area contributed by atoms with Crippen molar-refractivity contribution >= 4 is 23.1 Å². The minimum atomic E-state index is -0.299. The molecule has 1 aliphatic carbocycles. The first-order valence-electron chi connectivity index (χ1n) is 2.80. The van der Waals surface area contributed by atoms with Crippen LogP contribution >= 0.6 is 12.2 Å². The van der Waals surface area contributed by atoms with Crippen LogP contribution in [0.5, 0.6) is 0 Å². The van der Waals surface area contributed by atoms with E-state index in [0.717, 1.165) is 12.8 Å². The van der Waals surface area contributed by atoms with Crippen LogP contribution in [0.15, 0.2) is 0 Å². The number of carbonyl (C=O) groups excluding carboxylic acids is 1. The van der Waals surface area contributed by atoms with Gasteiger partial charge in [-0.3, -0.25) is 4.79 Å². The lowest BCUT2D eigenvalue weighted by atomic mass is 10.5. The van der Waals surface area contributed by atoms with Gasteiger partial charge in [0.05, 0.1) is 0 Å². The second kappa shape index (κ2) is 2.31. The number of hydrogen-bond acceptors (Lipinski definition) is 2. The fourth-order valence-electron chi connectivity index (χ4n) is 0.484. The zero-order valence-corrected chi connectivity index (χ0v) is 5.70. The highest BCUT2D eigenvalue weighted by molar-refractivity contribution is 7.81. The van der Waals surface area contributed by atoms with Crippen molar-refractivity contribution in [2.24, 2.45) is 5.73 Å². The smallest absolute Gasteiger partial charge is 0.278 e. The van der Waals surface area contributed by atoms with Crippen molar-refractivity contribution in [3.63, 3.8) is 0 Å². The van der Waals surface area contributed by atoms with Crippen molar-refractivity contribution in [2.45, 2.75) is 18.9 Å². The van der Waals surface area contributed by atoms with Crippen LogP contribution in [-0.4, -0.2) is 16.9 Å². The SMILES string of the molecule is NC(=S)C(=O)NC1CC1. The molecule has 0 bridgehead atoms. The molecule has 0 radical (unpaired) electrons. The maximum absolute atomic E-state index is 10.6. The van der Waals surface area contributed by atoms with Gasteiger partial charge in [0.1, 0.15) is 0 Å². The summed E-state index contributed by atoms with van der Waals surface area (Å²) in [7, 11) is 0. The summed E-state index contributed by atoms with van der Waals surface area (Å²) in [4.78, 5) is 10.5. The van der Waals surface area contributed by atoms with E-state index in [4.69, 9.17) is 5.73 Å². The molecule has 0 heterocycles. The summed E-state index contributed by atoms with van der Waals surface area (Å²) < 4.78 is 0. The van der Waals surface area contributed by atoms with Crippen LogP contribution in [0.3, 0.4) is 0 Å². The molecule has 1 aliphatic rings. The van der Waals surface area contributed by atoms with Crippen LogP contribution in [0.4, 0.5) is 0 Å². The Labute approximate surface area is 58.6 Å². The Balaban J connectivity index is 2.25. The molecular formula is C5H8N2OS.